The second kappa shape index (κ2) is 4.37. The highest BCUT2D eigenvalue weighted by Crippen LogP contribution is 2.17. The van der Waals surface area contributed by atoms with Crippen LogP contribution in [0.1, 0.15) is 5.56 Å². The quantitative estimate of drug-likeness (QED) is 0.743. The topological polar surface area (TPSA) is 48.8 Å². The van der Waals surface area contributed by atoms with E-state index in [-0.39, 0.29) is 0 Å². The molecular formula is C12H11N3. The van der Waals surface area contributed by atoms with Gasteiger partial charge in [0.05, 0.1) is 0 Å². The molecule has 1 heterocycles. The van der Waals surface area contributed by atoms with Gasteiger partial charge in [-0.3, -0.25) is 0 Å². The number of hydrogen-bond acceptors (Lipinski definition) is 3. The van der Waals surface area contributed by atoms with E-state index in [1.165, 1.54) is 6.21 Å². The van der Waals surface area contributed by atoms with Crippen molar-refractivity contribution in [1.82, 2.24) is 4.98 Å². The third kappa shape index (κ3) is 2.20. The molecule has 3 nitrogen and oxygen atoms in total. The average Bonchev–Trinajstić information content (AvgIpc) is 2.31. The van der Waals surface area contributed by atoms with Gasteiger partial charge in [-0.15, -0.1) is 0 Å². The molecule has 74 valence electrons. The fourth-order valence-electron chi connectivity index (χ4n) is 1.31. The minimum absolute atomic E-state index is 0.784. The van der Waals surface area contributed by atoms with E-state index in [1.807, 2.05) is 42.5 Å². The molecule has 0 saturated carbocycles. The molecule has 0 spiro atoms. The largest absolute Gasteiger partial charge is 0.340 e. The van der Waals surface area contributed by atoms with Crippen LogP contribution >= 0.6 is 0 Å². The van der Waals surface area contributed by atoms with Crippen molar-refractivity contribution in [2.75, 3.05) is 5.32 Å². The molecule has 0 bridgehead atoms. The molecule has 2 rings (SSSR count). The van der Waals surface area contributed by atoms with Gasteiger partial charge < -0.3 is 10.7 Å². The van der Waals surface area contributed by atoms with Gasteiger partial charge in [-0.2, -0.15) is 0 Å². The minimum Gasteiger partial charge on any atom is -0.340 e. The lowest BCUT2D eigenvalue weighted by Gasteiger charge is -2.07. The number of benzene rings is 1. The Bertz CT molecular complexity index is 451. The Morgan fingerprint density at radius 1 is 1.07 bits per heavy atom. The molecule has 0 unspecified atom stereocenters. The maximum absolute atomic E-state index is 7.26. The summed E-state index contributed by atoms with van der Waals surface area (Å²) in [4.78, 5) is 4.16. The molecule has 0 atom stereocenters. The maximum atomic E-state index is 7.26. The molecule has 2 aromatic rings. The zero-order valence-electron chi connectivity index (χ0n) is 8.14. The van der Waals surface area contributed by atoms with Crippen molar-refractivity contribution in [3.63, 3.8) is 0 Å². The van der Waals surface area contributed by atoms with Crippen LogP contribution in [-0.2, 0) is 0 Å². The number of aromatic nitrogens is 1. The Labute approximate surface area is 88.3 Å². The summed E-state index contributed by atoms with van der Waals surface area (Å²) in [6.45, 7) is 0. The standard InChI is InChI=1S/C12H11N3/c13-9-10-5-1-2-6-11(10)15-12-7-3-4-8-14-12/h1-9,13H,(H,14,15). The van der Waals surface area contributed by atoms with Gasteiger partial charge in [-0.05, 0) is 18.2 Å². The minimum atomic E-state index is 0.784. The molecule has 0 aliphatic rings. The number of hydrogen-bond donors (Lipinski definition) is 2. The molecule has 3 heteroatoms. The fraction of sp³-hybridized carbons (Fsp3) is 0. The van der Waals surface area contributed by atoms with E-state index in [0.717, 1.165) is 17.1 Å². The molecule has 0 aliphatic heterocycles. The summed E-state index contributed by atoms with van der Waals surface area (Å²) >= 11 is 0. The average molecular weight is 197 g/mol. The van der Waals surface area contributed by atoms with E-state index in [2.05, 4.69) is 10.3 Å². The fourth-order valence-corrected chi connectivity index (χ4v) is 1.31. The second-order valence-corrected chi connectivity index (χ2v) is 3.07. The van der Waals surface area contributed by atoms with Crippen molar-refractivity contribution in [3.8, 4) is 0 Å². The number of para-hydroxylation sites is 1. The zero-order chi connectivity index (χ0) is 10.5. The molecule has 0 fully saturated rings. The van der Waals surface area contributed by atoms with Crippen molar-refractivity contribution in [2.24, 2.45) is 0 Å². The summed E-state index contributed by atoms with van der Waals surface area (Å²) in [5.74, 6) is 0.784. The zero-order valence-corrected chi connectivity index (χ0v) is 8.14. The van der Waals surface area contributed by atoms with E-state index in [0.29, 0.717) is 0 Å². The first-order valence-electron chi connectivity index (χ1n) is 4.68. The van der Waals surface area contributed by atoms with Crippen molar-refractivity contribution in [2.45, 2.75) is 0 Å². The third-order valence-electron chi connectivity index (χ3n) is 2.04. The Morgan fingerprint density at radius 2 is 1.87 bits per heavy atom. The summed E-state index contributed by atoms with van der Waals surface area (Å²) < 4.78 is 0. The Balaban J connectivity index is 2.28. The number of nitrogens with one attached hydrogen (secondary N) is 2. The monoisotopic (exact) mass is 197 g/mol. The summed E-state index contributed by atoms with van der Waals surface area (Å²) in [5, 5.41) is 10.4. The number of nitrogens with zero attached hydrogens (tertiary/aromatic N) is 1. The predicted octanol–water partition coefficient (Wildman–Crippen LogP) is 2.82. The summed E-state index contributed by atoms with van der Waals surface area (Å²) in [7, 11) is 0. The molecule has 0 saturated heterocycles. The van der Waals surface area contributed by atoms with Crippen LogP contribution in [0, 0.1) is 5.41 Å². The summed E-state index contributed by atoms with van der Waals surface area (Å²) in [5.41, 5.74) is 1.74. The lowest BCUT2D eigenvalue weighted by molar-refractivity contribution is 1.31. The van der Waals surface area contributed by atoms with Crippen LogP contribution in [0.2, 0.25) is 0 Å². The van der Waals surface area contributed by atoms with Crippen molar-refractivity contribution in [1.29, 1.82) is 5.41 Å². The second-order valence-electron chi connectivity index (χ2n) is 3.07. The van der Waals surface area contributed by atoms with Crippen molar-refractivity contribution in [3.05, 3.63) is 54.2 Å². The van der Waals surface area contributed by atoms with Crippen LogP contribution in [0.4, 0.5) is 11.5 Å². The van der Waals surface area contributed by atoms with Gasteiger partial charge in [0, 0.05) is 23.7 Å². The summed E-state index contributed by atoms with van der Waals surface area (Å²) in [6.07, 6.45) is 3.06. The number of rotatable bonds is 3. The maximum Gasteiger partial charge on any atom is 0.130 e. The van der Waals surface area contributed by atoms with Gasteiger partial charge in [0.15, 0.2) is 0 Å². The van der Waals surface area contributed by atoms with Crippen LogP contribution in [0.15, 0.2) is 48.7 Å². The smallest absolute Gasteiger partial charge is 0.130 e. The van der Waals surface area contributed by atoms with Gasteiger partial charge in [-0.1, -0.05) is 24.3 Å². The highest BCUT2D eigenvalue weighted by molar-refractivity contribution is 5.86. The number of pyridine rings is 1. The first-order valence-corrected chi connectivity index (χ1v) is 4.68. The molecule has 0 aliphatic carbocycles. The van der Waals surface area contributed by atoms with Crippen molar-refractivity contribution >= 4 is 17.7 Å². The van der Waals surface area contributed by atoms with E-state index in [9.17, 15) is 0 Å². The van der Waals surface area contributed by atoms with Crippen LogP contribution in [0.5, 0.6) is 0 Å². The van der Waals surface area contributed by atoms with Crippen molar-refractivity contribution < 1.29 is 0 Å². The first kappa shape index (κ1) is 9.40. The molecule has 1 aromatic carbocycles. The molecular weight excluding hydrogens is 186 g/mol. The highest BCUT2D eigenvalue weighted by atomic mass is 15.0. The summed E-state index contributed by atoms with van der Waals surface area (Å²) in [6, 6.07) is 13.3. The van der Waals surface area contributed by atoms with Gasteiger partial charge in [0.25, 0.3) is 0 Å². The van der Waals surface area contributed by atoms with Crippen LogP contribution in [0.3, 0.4) is 0 Å². The normalized spacial score (nSPS) is 9.60. The Morgan fingerprint density at radius 3 is 2.60 bits per heavy atom. The van der Waals surface area contributed by atoms with Crippen LogP contribution in [-0.4, -0.2) is 11.2 Å². The van der Waals surface area contributed by atoms with Gasteiger partial charge in [0.2, 0.25) is 0 Å². The van der Waals surface area contributed by atoms with E-state index < -0.39 is 0 Å². The molecule has 0 amide bonds. The first-order chi connectivity index (χ1) is 7.40. The molecule has 15 heavy (non-hydrogen) atoms. The Hall–Kier alpha value is -2.16. The molecule has 1 aromatic heterocycles. The lowest BCUT2D eigenvalue weighted by Crippen LogP contribution is -1.96. The highest BCUT2D eigenvalue weighted by Gasteiger charge is 1.98. The van der Waals surface area contributed by atoms with E-state index in [1.54, 1.807) is 6.20 Å². The van der Waals surface area contributed by atoms with Gasteiger partial charge in [0.1, 0.15) is 5.82 Å². The van der Waals surface area contributed by atoms with Crippen LogP contribution < -0.4 is 5.32 Å². The van der Waals surface area contributed by atoms with E-state index in [4.69, 9.17) is 5.41 Å². The van der Waals surface area contributed by atoms with Crippen LogP contribution in [0.25, 0.3) is 0 Å². The van der Waals surface area contributed by atoms with Gasteiger partial charge >= 0.3 is 0 Å². The van der Waals surface area contributed by atoms with E-state index >= 15 is 0 Å². The molecule has 0 radical (unpaired) electrons. The predicted molar refractivity (Wildman–Crippen MR) is 61.8 cm³/mol. The molecule has 2 N–H and O–H groups in total. The lowest BCUT2D eigenvalue weighted by atomic mass is 10.2. The SMILES string of the molecule is N=Cc1ccccc1Nc1ccccn1. The number of anilines is 2. The van der Waals surface area contributed by atoms with Gasteiger partial charge in [-0.25, -0.2) is 4.98 Å². The Kier molecular flexibility index (Phi) is 2.74. The third-order valence-corrected chi connectivity index (χ3v) is 2.04.